The van der Waals surface area contributed by atoms with Crippen LogP contribution in [-0.4, -0.2) is 33.2 Å². The number of aromatic nitrogens is 2. The zero-order chi connectivity index (χ0) is 15.3. The summed E-state index contributed by atoms with van der Waals surface area (Å²) < 4.78 is 10.5. The van der Waals surface area contributed by atoms with E-state index in [-0.39, 0.29) is 0 Å². The third-order valence-corrected chi connectivity index (χ3v) is 4.34. The molecule has 0 spiro atoms. The van der Waals surface area contributed by atoms with Crippen molar-refractivity contribution >= 4 is 21.9 Å². The van der Waals surface area contributed by atoms with Gasteiger partial charge in [-0.05, 0) is 40.9 Å². The summed E-state index contributed by atoms with van der Waals surface area (Å²) >= 11 is 3.60. The van der Waals surface area contributed by atoms with Crippen LogP contribution in [0.2, 0.25) is 0 Å². The van der Waals surface area contributed by atoms with Gasteiger partial charge in [-0.25, -0.2) is 14.8 Å². The van der Waals surface area contributed by atoms with E-state index in [1.165, 1.54) is 18.7 Å². The fraction of sp³-hybridized carbons (Fsp3) is 0.400. The van der Waals surface area contributed by atoms with E-state index in [1.807, 2.05) is 26.0 Å². The van der Waals surface area contributed by atoms with E-state index in [1.54, 1.807) is 6.08 Å². The summed E-state index contributed by atoms with van der Waals surface area (Å²) in [5.41, 5.74) is 1.33. The molecule has 0 saturated heterocycles. The van der Waals surface area contributed by atoms with Crippen molar-refractivity contribution < 1.29 is 14.3 Å². The highest BCUT2D eigenvalue weighted by atomic mass is 79.9. The van der Waals surface area contributed by atoms with Crippen LogP contribution in [0.3, 0.4) is 0 Å². The number of carbonyl (C=O) groups is 1. The van der Waals surface area contributed by atoms with Crippen LogP contribution in [0.4, 0.5) is 0 Å². The lowest BCUT2D eigenvalue weighted by Crippen LogP contribution is -2.44. The number of halogens is 1. The van der Waals surface area contributed by atoms with Crippen molar-refractivity contribution in [2.45, 2.75) is 30.9 Å². The second kappa shape index (κ2) is 6.95. The van der Waals surface area contributed by atoms with E-state index in [0.29, 0.717) is 12.2 Å². The van der Waals surface area contributed by atoms with Gasteiger partial charge < -0.3 is 9.47 Å². The van der Waals surface area contributed by atoms with Crippen LogP contribution in [-0.2, 0) is 9.47 Å². The Labute approximate surface area is 132 Å². The molecular formula is C15H17BrN2O3. The average molecular weight is 353 g/mol. The third-order valence-electron chi connectivity index (χ3n) is 3.15. The highest BCUT2D eigenvalue weighted by Crippen LogP contribution is 2.39. The molecular weight excluding hydrogens is 336 g/mol. The van der Waals surface area contributed by atoms with Gasteiger partial charge in [0.05, 0.1) is 5.56 Å². The number of esters is 1. The normalized spacial score (nSPS) is 24.5. The SMILES string of the molecule is CCOC1(Br)C(CC)=CC=CC1OC(=O)c1cncnc1. The highest BCUT2D eigenvalue weighted by Gasteiger charge is 2.42. The maximum atomic E-state index is 12.2. The lowest BCUT2D eigenvalue weighted by atomic mass is 9.96. The molecule has 0 aliphatic heterocycles. The zero-order valence-corrected chi connectivity index (χ0v) is 13.5. The Kier molecular flexibility index (Phi) is 5.25. The maximum absolute atomic E-state index is 12.2. The van der Waals surface area contributed by atoms with E-state index in [4.69, 9.17) is 9.47 Å². The van der Waals surface area contributed by atoms with E-state index in [9.17, 15) is 4.79 Å². The molecule has 2 atom stereocenters. The van der Waals surface area contributed by atoms with E-state index in [0.717, 1.165) is 12.0 Å². The molecule has 0 saturated carbocycles. The first kappa shape index (κ1) is 15.9. The number of hydrogen-bond acceptors (Lipinski definition) is 5. The molecule has 21 heavy (non-hydrogen) atoms. The molecule has 112 valence electrons. The Balaban J connectivity index is 2.20. The van der Waals surface area contributed by atoms with Crippen molar-refractivity contribution in [2.75, 3.05) is 6.61 Å². The molecule has 2 rings (SSSR count). The first-order valence-corrected chi connectivity index (χ1v) is 7.57. The predicted molar refractivity (Wildman–Crippen MR) is 82.0 cm³/mol. The minimum atomic E-state index is -0.823. The Hall–Kier alpha value is -1.53. The summed E-state index contributed by atoms with van der Waals surface area (Å²) in [5.74, 6) is -0.480. The number of nitrogens with zero attached hydrogens (tertiary/aromatic N) is 2. The van der Waals surface area contributed by atoms with Gasteiger partial charge in [0.1, 0.15) is 6.33 Å². The maximum Gasteiger partial charge on any atom is 0.342 e. The molecule has 0 N–H and O–H groups in total. The molecule has 1 aromatic rings. The molecule has 5 nitrogen and oxygen atoms in total. The van der Waals surface area contributed by atoms with Crippen molar-refractivity contribution in [1.82, 2.24) is 9.97 Å². The summed E-state index contributed by atoms with van der Waals surface area (Å²) in [6.45, 7) is 4.43. The first-order valence-electron chi connectivity index (χ1n) is 6.78. The molecule has 2 unspecified atom stereocenters. The van der Waals surface area contributed by atoms with Gasteiger partial charge in [-0.3, -0.25) is 0 Å². The van der Waals surface area contributed by atoms with Gasteiger partial charge in [0, 0.05) is 19.0 Å². The molecule has 0 fully saturated rings. The number of alkyl halides is 1. The third kappa shape index (κ3) is 3.39. The van der Waals surface area contributed by atoms with Crippen molar-refractivity contribution in [1.29, 1.82) is 0 Å². The second-order valence-electron chi connectivity index (χ2n) is 4.46. The Morgan fingerprint density at radius 1 is 1.38 bits per heavy atom. The van der Waals surface area contributed by atoms with Gasteiger partial charge in [-0.15, -0.1) is 0 Å². The second-order valence-corrected chi connectivity index (χ2v) is 5.64. The van der Waals surface area contributed by atoms with Crippen LogP contribution in [0.1, 0.15) is 30.6 Å². The quantitative estimate of drug-likeness (QED) is 0.602. The average Bonchev–Trinajstić information content (AvgIpc) is 2.50. The zero-order valence-electron chi connectivity index (χ0n) is 12.0. The lowest BCUT2D eigenvalue weighted by Gasteiger charge is -2.37. The number of rotatable bonds is 5. The van der Waals surface area contributed by atoms with E-state index < -0.39 is 16.6 Å². The Morgan fingerprint density at radius 2 is 2.10 bits per heavy atom. The molecule has 6 heteroatoms. The fourth-order valence-electron chi connectivity index (χ4n) is 2.14. The summed E-state index contributed by atoms with van der Waals surface area (Å²) in [7, 11) is 0. The van der Waals surface area contributed by atoms with Gasteiger partial charge in [0.15, 0.2) is 10.6 Å². The summed E-state index contributed by atoms with van der Waals surface area (Å²) in [6.07, 6.45) is 10.1. The van der Waals surface area contributed by atoms with Gasteiger partial charge in [0.2, 0.25) is 0 Å². The largest absolute Gasteiger partial charge is 0.450 e. The molecule has 0 aromatic carbocycles. The van der Waals surface area contributed by atoms with E-state index in [2.05, 4.69) is 25.9 Å². The summed E-state index contributed by atoms with van der Waals surface area (Å²) in [6, 6.07) is 0. The summed E-state index contributed by atoms with van der Waals surface area (Å²) in [4.78, 5) is 19.8. The Morgan fingerprint density at radius 3 is 2.71 bits per heavy atom. The Bertz CT molecular complexity index is 559. The molecule has 1 aromatic heterocycles. The van der Waals surface area contributed by atoms with Crippen molar-refractivity contribution in [3.63, 3.8) is 0 Å². The minimum absolute atomic E-state index is 0.310. The topological polar surface area (TPSA) is 61.3 Å². The van der Waals surface area contributed by atoms with Gasteiger partial charge >= 0.3 is 5.97 Å². The van der Waals surface area contributed by atoms with Crippen LogP contribution in [0, 0.1) is 0 Å². The molecule has 1 aliphatic rings. The summed E-state index contributed by atoms with van der Waals surface area (Å²) in [5, 5.41) is 0. The first-order chi connectivity index (χ1) is 10.1. The van der Waals surface area contributed by atoms with Gasteiger partial charge in [-0.2, -0.15) is 0 Å². The smallest absolute Gasteiger partial charge is 0.342 e. The van der Waals surface area contributed by atoms with Gasteiger partial charge in [-0.1, -0.05) is 19.1 Å². The van der Waals surface area contributed by atoms with Crippen molar-refractivity contribution in [3.05, 3.63) is 48.1 Å². The standard InChI is InChI=1S/C15H17BrN2O3/c1-3-12-6-5-7-13(15(12,16)20-4-2)21-14(19)11-8-17-10-18-9-11/h5-10,13H,3-4H2,1-2H3. The number of hydrogen-bond donors (Lipinski definition) is 0. The van der Waals surface area contributed by atoms with Gasteiger partial charge in [0.25, 0.3) is 0 Å². The molecule has 0 bridgehead atoms. The molecule has 0 amide bonds. The van der Waals surface area contributed by atoms with Crippen LogP contribution in [0.5, 0.6) is 0 Å². The predicted octanol–water partition coefficient (Wildman–Crippen LogP) is 3.04. The minimum Gasteiger partial charge on any atom is -0.450 e. The monoisotopic (exact) mass is 352 g/mol. The number of allylic oxidation sites excluding steroid dienone is 2. The number of ether oxygens (including phenoxy) is 2. The fourth-order valence-corrected chi connectivity index (χ4v) is 3.03. The van der Waals surface area contributed by atoms with Crippen LogP contribution in [0.25, 0.3) is 0 Å². The van der Waals surface area contributed by atoms with E-state index >= 15 is 0 Å². The number of carbonyl (C=O) groups excluding carboxylic acids is 1. The van der Waals surface area contributed by atoms with Crippen LogP contribution >= 0.6 is 15.9 Å². The molecule has 0 radical (unpaired) electrons. The molecule has 1 aliphatic carbocycles. The van der Waals surface area contributed by atoms with Crippen LogP contribution < -0.4 is 0 Å². The van der Waals surface area contributed by atoms with Crippen molar-refractivity contribution in [2.24, 2.45) is 0 Å². The molecule has 1 heterocycles. The lowest BCUT2D eigenvalue weighted by molar-refractivity contribution is -0.0322. The van der Waals surface area contributed by atoms with Crippen LogP contribution in [0.15, 0.2) is 42.5 Å². The van der Waals surface area contributed by atoms with Crippen molar-refractivity contribution in [3.8, 4) is 0 Å². The highest BCUT2D eigenvalue weighted by molar-refractivity contribution is 9.10.